The Morgan fingerprint density at radius 2 is 2.09 bits per heavy atom. The predicted octanol–water partition coefficient (Wildman–Crippen LogP) is 1.02. The number of nitrogens with zero attached hydrogens (tertiary/aromatic N) is 5. The van der Waals surface area contributed by atoms with Crippen LogP contribution in [0.5, 0.6) is 0 Å². The summed E-state index contributed by atoms with van der Waals surface area (Å²) in [5, 5.41) is 4.16. The molecule has 3 heterocycles. The van der Waals surface area contributed by atoms with E-state index in [1.54, 1.807) is 17.1 Å². The molecule has 1 saturated heterocycles. The summed E-state index contributed by atoms with van der Waals surface area (Å²) < 4.78 is 6.71. The maximum atomic E-state index is 11.8. The highest BCUT2D eigenvalue weighted by molar-refractivity contribution is 5.74. The van der Waals surface area contributed by atoms with Crippen molar-refractivity contribution < 1.29 is 9.53 Å². The molecule has 0 aliphatic carbocycles. The number of piperidine rings is 1. The van der Waals surface area contributed by atoms with Gasteiger partial charge in [0.1, 0.15) is 12.0 Å². The van der Waals surface area contributed by atoms with E-state index < -0.39 is 0 Å². The summed E-state index contributed by atoms with van der Waals surface area (Å²) in [4.78, 5) is 22.4. The van der Waals surface area contributed by atoms with Crippen molar-refractivity contribution in [2.45, 2.75) is 19.8 Å². The topological polar surface area (TPSA) is 99.2 Å². The SMILES string of the molecule is CCOC(=O)C1CCN(c2ncnc(-n3cccn3)c2N)CC1. The molecule has 2 N–H and O–H groups in total. The number of nitrogen functional groups attached to an aromatic ring is 1. The van der Waals surface area contributed by atoms with Gasteiger partial charge < -0.3 is 15.4 Å². The Bertz CT molecular complexity index is 665. The molecule has 0 aromatic carbocycles. The molecule has 0 amide bonds. The Balaban J connectivity index is 1.74. The minimum atomic E-state index is -0.111. The lowest BCUT2D eigenvalue weighted by atomic mass is 9.97. The van der Waals surface area contributed by atoms with E-state index >= 15 is 0 Å². The van der Waals surface area contributed by atoms with Crippen molar-refractivity contribution in [1.29, 1.82) is 0 Å². The Morgan fingerprint density at radius 3 is 2.74 bits per heavy atom. The van der Waals surface area contributed by atoms with Gasteiger partial charge in [-0.1, -0.05) is 0 Å². The number of hydrogen-bond donors (Lipinski definition) is 1. The lowest BCUT2D eigenvalue weighted by molar-refractivity contribution is -0.148. The third-order valence-corrected chi connectivity index (χ3v) is 3.98. The van der Waals surface area contributed by atoms with Crippen molar-refractivity contribution in [3.05, 3.63) is 24.8 Å². The molecule has 0 atom stereocenters. The van der Waals surface area contributed by atoms with E-state index in [2.05, 4.69) is 20.0 Å². The van der Waals surface area contributed by atoms with Crippen molar-refractivity contribution in [1.82, 2.24) is 19.7 Å². The molecule has 2 aromatic heterocycles. The first-order valence-corrected chi connectivity index (χ1v) is 7.72. The first-order chi connectivity index (χ1) is 11.2. The van der Waals surface area contributed by atoms with Crippen LogP contribution in [-0.4, -0.2) is 45.4 Å². The monoisotopic (exact) mass is 316 g/mol. The maximum Gasteiger partial charge on any atom is 0.309 e. The average Bonchev–Trinajstić information content (AvgIpc) is 3.10. The number of ether oxygens (including phenoxy) is 1. The fourth-order valence-corrected chi connectivity index (χ4v) is 2.79. The molecule has 0 bridgehead atoms. The minimum absolute atomic E-state index is 0.0418. The Labute approximate surface area is 134 Å². The summed E-state index contributed by atoms with van der Waals surface area (Å²) in [5.74, 6) is 1.10. The first-order valence-electron chi connectivity index (χ1n) is 7.72. The lowest BCUT2D eigenvalue weighted by Crippen LogP contribution is -2.38. The van der Waals surface area contributed by atoms with Gasteiger partial charge in [0, 0.05) is 25.5 Å². The zero-order chi connectivity index (χ0) is 16.2. The van der Waals surface area contributed by atoms with E-state index in [-0.39, 0.29) is 11.9 Å². The third-order valence-electron chi connectivity index (χ3n) is 3.98. The molecule has 0 unspecified atom stereocenters. The molecular formula is C15H20N6O2. The zero-order valence-electron chi connectivity index (χ0n) is 13.1. The van der Waals surface area contributed by atoms with Crippen molar-refractivity contribution in [2.75, 3.05) is 30.3 Å². The molecule has 8 heteroatoms. The normalized spacial score (nSPS) is 15.6. The summed E-state index contributed by atoms with van der Waals surface area (Å²) in [5.41, 5.74) is 6.72. The van der Waals surface area contributed by atoms with E-state index in [1.165, 1.54) is 6.33 Å². The molecule has 0 spiro atoms. The molecule has 1 aliphatic heterocycles. The minimum Gasteiger partial charge on any atom is -0.466 e. The van der Waals surface area contributed by atoms with Gasteiger partial charge in [-0.2, -0.15) is 5.10 Å². The third kappa shape index (κ3) is 3.10. The summed E-state index contributed by atoms with van der Waals surface area (Å²) >= 11 is 0. The van der Waals surface area contributed by atoms with Gasteiger partial charge in [-0.25, -0.2) is 14.6 Å². The summed E-state index contributed by atoms with van der Waals surface area (Å²) in [7, 11) is 0. The van der Waals surface area contributed by atoms with E-state index in [0.29, 0.717) is 37.0 Å². The molecule has 3 rings (SSSR count). The lowest BCUT2D eigenvalue weighted by Gasteiger charge is -2.32. The van der Waals surface area contributed by atoms with Crippen LogP contribution in [0.4, 0.5) is 11.5 Å². The van der Waals surface area contributed by atoms with E-state index in [1.807, 2.05) is 13.0 Å². The van der Waals surface area contributed by atoms with Crippen molar-refractivity contribution in [3.8, 4) is 5.82 Å². The van der Waals surface area contributed by atoms with Crippen LogP contribution < -0.4 is 10.6 Å². The van der Waals surface area contributed by atoms with Crippen molar-refractivity contribution in [2.24, 2.45) is 5.92 Å². The quantitative estimate of drug-likeness (QED) is 0.841. The highest BCUT2D eigenvalue weighted by Crippen LogP contribution is 2.29. The molecule has 8 nitrogen and oxygen atoms in total. The van der Waals surface area contributed by atoms with Crippen LogP contribution in [0.25, 0.3) is 5.82 Å². The van der Waals surface area contributed by atoms with Crippen LogP contribution in [-0.2, 0) is 9.53 Å². The number of nitrogens with two attached hydrogens (primary N) is 1. The second-order valence-electron chi connectivity index (χ2n) is 5.40. The van der Waals surface area contributed by atoms with Crippen LogP contribution in [0.2, 0.25) is 0 Å². The van der Waals surface area contributed by atoms with Gasteiger partial charge in [0.05, 0.1) is 12.5 Å². The molecular weight excluding hydrogens is 296 g/mol. The largest absolute Gasteiger partial charge is 0.466 e. The number of carbonyl (C=O) groups excluding carboxylic acids is 1. The Hall–Kier alpha value is -2.64. The predicted molar refractivity (Wildman–Crippen MR) is 85.1 cm³/mol. The van der Waals surface area contributed by atoms with E-state index in [9.17, 15) is 4.79 Å². The summed E-state index contributed by atoms with van der Waals surface area (Å²) in [6.07, 6.45) is 6.42. The van der Waals surface area contributed by atoms with E-state index in [0.717, 1.165) is 12.8 Å². The highest BCUT2D eigenvalue weighted by atomic mass is 16.5. The number of anilines is 2. The van der Waals surface area contributed by atoms with Gasteiger partial charge >= 0.3 is 5.97 Å². The second kappa shape index (κ2) is 6.64. The smallest absolute Gasteiger partial charge is 0.309 e. The van der Waals surface area contributed by atoms with Crippen LogP contribution in [0.3, 0.4) is 0 Å². The summed E-state index contributed by atoms with van der Waals surface area (Å²) in [6, 6.07) is 1.81. The average molecular weight is 316 g/mol. The fraction of sp³-hybridized carbons (Fsp3) is 0.467. The van der Waals surface area contributed by atoms with Crippen LogP contribution >= 0.6 is 0 Å². The van der Waals surface area contributed by atoms with Crippen molar-refractivity contribution >= 4 is 17.5 Å². The molecule has 2 aromatic rings. The standard InChI is InChI=1S/C15H20N6O2/c1-2-23-15(22)11-4-8-20(9-5-11)13-12(16)14(18-10-17-13)21-7-3-6-19-21/h3,6-7,10-11H,2,4-5,8-9,16H2,1H3. The van der Waals surface area contributed by atoms with Gasteiger partial charge in [-0.05, 0) is 25.8 Å². The van der Waals surface area contributed by atoms with Crippen LogP contribution in [0.15, 0.2) is 24.8 Å². The number of aromatic nitrogens is 4. The summed E-state index contributed by atoms with van der Waals surface area (Å²) in [6.45, 7) is 3.67. The van der Waals surface area contributed by atoms with Crippen molar-refractivity contribution in [3.63, 3.8) is 0 Å². The molecule has 0 saturated carbocycles. The van der Waals surface area contributed by atoms with Gasteiger partial charge in [0.15, 0.2) is 11.6 Å². The fourth-order valence-electron chi connectivity index (χ4n) is 2.79. The molecule has 23 heavy (non-hydrogen) atoms. The van der Waals surface area contributed by atoms with Gasteiger partial charge in [0.2, 0.25) is 0 Å². The van der Waals surface area contributed by atoms with Gasteiger partial charge in [-0.15, -0.1) is 0 Å². The number of rotatable bonds is 4. The van der Waals surface area contributed by atoms with Gasteiger partial charge in [0.25, 0.3) is 0 Å². The number of hydrogen-bond acceptors (Lipinski definition) is 7. The molecule has 1 aliphatic rings. The van der Waals surface area contributed by atoms with Crippen LogP contribution in [0, 0.1) is 5.92 Å². The maximum absolute atomic E-state index is 11.8. The van der Waals surface area contributed by atoms with Gasteiger partial charge in [-0.3, -0.25) is 4.79 Å². The molecule has 1 fully saturated rings. The Morgan fingerprint density at radius 1 is 1.35 bits per heavy atom. The first kappa shape index (κ1) is 15.3. The molecule has 122 valence electrons. The van der Waals surface area contributed by atoms with E-state index in [4.69, 9.17) is 10.5 Å². The highest BCUT2D eigenvalue weighted by Gasteiger charge is 2.28. The number of carbonyl (C=O) groups is 1. The molecule has 0 radical (unpaired) electrons. The van der Waals surface area contributed by atoms with Crippen LogP contribution in [0.1, 0.15) is 19.8 Å². The Kier molecular flexibility index (Phi) is 4.40. The second-order valence-corrected chi connectivity index (χ2v) is 5.40. The number of esters is 1. The zero-order valence-corrected chi connectivity index (χ0v) is 13.1.